The van der Waals surface area contributed by atoms with Gasteiger partial charge in [-0.15, -0.1) is 0 Å². The van der Waals surface area contributed by atoms with Crippen molar-refractivity contribution in [3.8, 4) is 0 Å². The number of hydrazine groups is 1. The third-order valence-electron chi connectivity index (χ3n) is 6.32. The van der Waals surface area contributed by atoms with Crippen LogP contribution in [0.4, 0.5) is 10.1 Å². The number of halogens is 2. The highest BCUT2D eigenvalue weighted by molar-refractivity contribution is 7.89. The summed E-state index contributed by atoms with van der Waals surface area (Å²) in [5.74, 6) is -1.27. The van der Waals surface area contributed by atoms with E-state index >= 15 is 0 Å². The molecule has 3 aromatic rings. The summed E-state index contributed by atoms with van der Waals surface area (Å²) in [6.45, 7) is -0.595. The van der Waals surface area contributed by atoms with E-state index in [1.54, 1.807) is 42.5 Å². The Morgan fingerprint density at radius 2 is 1.75 bits per heavy atom. The summed E-state index contributed by atoms with van der Waals surface area (Å²) in [4.78, 5) is 30.4. The third kappa shape index (κ3) is 4.34. The Labute approximate surface area is 212 Å². The fourth-order valence-corrected chi connectivity index (χ4v) is 6.03. The first kappa shape index (κ1) is 24.3. The van der Waals surface area contributed by atoms with Gasteiger partial charge in [0.05, 0.1) is 12.2 Å². The summed E-state index contributed by atoms with van der Waals surface area (Å²) in [6.07, 6.45) is 1.49. The van der Waals surface area contributed by atoms with Crippen LogP contribution in [0.3, 0.4) is 0 Å². The van der Waals surface area contributed by atoms with Gasteiger partial charge in [0.25, 0.3) is 21.8 Å². The molecule has 1 N–H and O–H groups in total. The fourth-order valence-electron chi connectivity index (χ4n) is 4.41. The molecule has 2 aliphatic rings. The largest absolute Gasteiger partial charge is 0.345 e. The minimum absolute atomic E-state index is 0.0456. The molecule has 1 fully saturated rings. The predicted molar refractivity (Wildman–Crippen MR) is 133 cm³/mol. The molecular weight excluding hydrogens is 509 g/mol. The molecule has 12 heteroatoms. The van der Waals surface area contributed by atoms with Crippen molar-refractivity contribution in [3.63, 3.8) is 0 Å². The quantitative estimate of drug-likeness (QED) is 0.403. The van der Waals surface area contributed by atoms with E-state index in [2.05, 4.69) is 4.98 Å². The van der Waals surface area contributed by atoms with Gasteiger partial charge in [-0.2, -0.15) is 4.31 Å². The number of para-hydroxylation sites is 1. The molecule has 0 bridgehead atoms. The maximum Gasteiger partial charge on any atom is 0.280 e. The molecule has 188 valence electrons. The van der Waals surface area contributed by atoms with Crippen molar-refractivity contribution in [3.05, 3.63) is 71.3 Å². The van der Waals surface area contributed by atoms with Gasteiger partial charge in [-0.25, -0.2) is 17.8 Å². The average Bonchev–Trinajstić information content (AvgIpc) is 3.33. The summed E-state index contributed by atoms with van der Waals surface area (Å²) in [5.41, 5.74) is 1.16. The Balaban J connectivity index is 1.28. The lowest BCUT2D eigenvalue weighted by Gasteiger charge is -2.39. The summed E-state index contributed by atoms with van der Waals surface area (Å²) in [6, 6.07) is 15.5. The number of anilines is 1. The number of amides is 2. The minimum Gasteiger partial charge on any atom is -0.345 e. The molecule has 2 aliphatic heterocycles. The molecule has 5 rings (SSSR count). The van der Waals surface area contributed by atoms with Crippen LogP contribution in [0.25, 0.3) is 10.9 Å². The maximum atomic E-state index is 13.8. The Morgan fingerprint density at radius 3 is 2.44 bits per heavy atom. The Kier molecular flexibility index (Phi) is 6.45. The number of H-pyrrole nitrogens is 1. The molecular formula is C24H23ClFN5O4S. The number of alkyl halides is 1. The third-order valence-corrected chi connectivity index (χ3v) is 8.38. The zero-order valence-corrected chi connectivity index (χ0v) is 20.7. The van der Waals surface area contributed by atoms with Crippen molar-refractivity contribution in [2.75, 3.05) is 44.5 Å². The van der Waals surface area contributed by atoms with Gasteiger partial charge >= 0.3 is 0 Å². The van der Waals surface area contributed by atoms with E-state index in [4.69, 9.17) is 11.6 Å². The second-order valence-electron chi connectivity index (χ2n) is 8.42. The maximum absolute atomic E-state index is 13.8. The number of sulfonamides is 1. The molecule has 0 radical (unpaired) electrons. The zero-order valence-electron chi connectivity index (χ0n) is 19.1. The monoisotopic (exact) mass is 531 g/mol. The van der Waals surface area contributed by atoms with Crippen LogP contribution in [0, 0.1) is 0 Å². The summed E-state index contributed by atoms with van der Waals surface area (Å²) in [5, 5.41) is 3.59. The van der Waals surface area contributed by atoms with Crippen molar-refractivity contribution in [2.45, 2.75) is 5.03 Å². The van der Waals surface area contributed by atoms with E-state index in [1.165, 1.54) is 26.4 Å². The minimum atomic E-state index is -3.82. The second kappa shape index (κ2) is 9.57. The zero-order chi connectivity index (χ0) is 25.4. The van der Waals surface area contributed by atoms with E-state index in [1.807, 2.05) is 6.07 Å². The van der Waals surface area contributed by atoms with Gasteiger partial charge in [-0.05, 0) is 42.5 Å². The van der Waals surface area contributed by atoms with Gasteiger partial charge in [0.15, 0.2) is 6.80 Å². The Morgan fingerprint density at radius 1 is 1.03 bits per heavy atom. The van der Waals surface area contributed by atoms with Crippen LogP contribution >= 0.6 is 11.6 Å². The lowest BCUT2D eigenvalue weighted by Crippen LogP contribution is -2.55. The number of aromatic amines is 1. The van der Waals surface area contributed by atoms with E-state index in [-0.39, 0.29) is 43.3 Å². The molecule has 2 amide bonds. The molecule has 36 heavy (non-hydrogen) atoms. The van der Waals surface area contributed by atoms with Crippen LogP contribution in [0.2, 0.25) is 5.02 Å². The molecule has 2 aromatic carbocycles. The molecule has 3 heterocycles. The molecule has 9 nitrogen and oxygen atoms in total. The van der Waals surface area contributed by atoms with Crippen molar-refractivity contribution in [1.29, 1.82) is 0 Å². The van der Waals surface area contributed by atoms with Gasteiger partial charge < -0.3 is 9.88 Å². The normalized spacial score (nSPS) is 17.6. The number of piperazine rings is 1. The SMILES string of the molecule is O=C(C1=CCN(c2ccccc2)N(CF)C1=O)N1CCN(S(=O)(=O)c2cc3cc(Cl)ccc3[nH]2)CC1. The van der Waals surface area contributed by atoms with Crippen molar-refractivity contribution < 1.29 is 22.4 Å². The number of aromatic nitrogens is 1. The second-order valence-corrected chi connectivity index (χ2v) is 10.8. The van der Waals surface area contributed by atoms with E-state index < -0.39 is 28.6 Å². The van der Waals surface area contributed by atoms with Crippen LogP contribution in [0.15, 0.2) is 71.3 Å². The number of nitrogens with one attached hydrogen (secondary N) is 1. The Hall–Kier alpha value is -3.41. The van der Waals surface area contributed by atoms with Crippen molar-refractivity contribution in [1.82, 2.24) is 19.2 Å². The fraction of sp³-hybridized carbons (Fsp3) is 0.250. The lowest BCUT2D eigenvalue weighted by atomic mass is 10.1. The van der Waals surface area contributed by atoms with Crippen LogP contribution < -0.4 is 5.01 Å². The highest BCUT2D eigenvalue weighted by Gasteiger charge is 2.37. The Bertz CT molecular complexity index is 1450. The van der Waals surface area contributed by atoms with E-state index in [0.717, 1.165) is 5.01 Å². The molecule has 0 saturated carbocycles. The molecule has 1 aromatic heterocycles. The van der Waals surface area contributed by atoms with Crippen LogP contribution in [-0.2, 0) is 19.6 Å². The summed E-state index contributed by atoms with van der Waals surface area (Å²) >= 11 is 6.00. The van der Waals surface area contributed by atoms with E-state index in [9.17, 15) is 22.4 Å². The lowest BCUT2D eigenvalue weighted by molar-refractivity contribution is -0.136. The smallest absolute Gasteiger partial charge is 0.280 e. The van der Waals surface area contributed by atoms with Gasteiger partial charge in [-0.1, -0.05) is 29.8 Å². The first-order valence-corrected chi connectivity index (χ1v) is 13.1. The molecule has 0 atom stereocenters. The van der Waals surface area contributed by atoms with E-state index in [0.29, 0.717) is 21.6 Å². The van der Waals surface area contributed by atoms with Gasteiger partial charge in [0.1, 0.15) is 10.6 Å². The standard InChI is InChI=1S/C24H23ClFN5O4S/c25-18-6-7-21-17(14-18)15-22(27-21)36(34,35)29-12-10-28(11-13-29)23(32)20-8-9-30(31(16-26)24(20)33)19-4-2-1-3-5-19/h1-8,14-15,27H,9-13,16H2. The van der Waals surface area contributed by atoms with Crippen molar-refractivity contribution in [2.24, 2.45) is 0 Å². The number of carbonyl (C=O) groups is 2. The average molecular weight is 532 g/mol. The first-order valence-electron chi connectivity index (χ1n) is 11.3. The number of nitrogens with zero attached hydrogens (tertiary/aromatic N) is 4. The van der Waals surface area contributed by atoms with Crippen LogP contribution in [-0.4, -0.2) is 79.0 Å². The van der Waals surface area contributed by atoms with Crippen molar-refractivity contribution >= 4 is 50.0 Å². The van der Waals surface area contributed by atoms with Gasteiger partial charge in [0.2, 0.25) is 0 Å². The first-order chi connectivity index (χ1) is 17.3. The summed E-state index contributed by atoms with van der Waals surface area (Å²) in [7, 11) is -3.82. The number of carbonyl (C=O) groups excluding carboxylic acids is 2. The number of benzene rings is 2. The number of hydrogen-bond acceptors (Lipinski definition) is 5. The molecule has 0 unspecified atom stereocenters. The number of rotatable bonds is 5. The highest BCUT2D eigenvalue weighted by Crippen LogP contribution is 2.26. The number of fused-ring (bicyclic) bond motifs is 1. The molecule has 0 aliphatic carbocycles. The van der Waals surface area contributed by atoms with Gasteiger partial charge in [0, 0.05) is 42.1 Å². The topological polar surface area (TPSA) is 97.0 Å². The highest BCUT2D eigenvalue weighted by atomic mass is 35.5. The van der Waals surface area contributed by atoms with Crippen LogP contribution in [0.5, 0.6) is 0 Å². The number of hydrogen-bond donors (Lipinski definition) is 1. The molecule has 1 saturated heterocycles. The molecule has 0 spiro atoms. The summed E-state index contributed by atoms with van der Waals surface area (Å²) < 4.78 is 41.4. The van der Waals surface area contributed by atoms with Crippen LogP contribution in [0.1, 0.15) is 0 Å². The van der Waals surface area contributed by atoms with Gasteiger partial charge in [-0.3, -0.25) is 14.6 Å². The predicted octanol–water partition coefficient (Wildman–Crippen LogP) is 2.77.